The minimum atomic E-state index is -4.80. The van der Waals surface area contributed by atoms with Gasteiger partial charge in [-0.25, -0.2) is 25.9 Å². The van der Waals surface area contributed by atoms with Gasteiger partial charge in [0, 0.05) is 52.2 Å². The fourth-order valence-electron chi connectivity index (χ4n) is 5.68. The van der Waals surface area contributed by atoms with Gasteiger partial charge < -0.3 is 14.6 Å². The number of rotatable bonds is 13. The van der Waals surface area contributed by atoms with Crippen LogP contribution in [0.4, 0.5) is 24.7 Å². The highest BCUT2D eigenvalue weighted by atomic mass is 79.9. The van der Waals surface area contributed by atoms with Crippen molar-refractivity contribution < 1.29 is 30.8 Å². The molecule has 3 aromatic rings. The van der Waals surface area contributed by atoms with E-state index in [1.807, 2.05) is 6.07 Å². The Hall–Kier alpha value is -2.39. The number of aromatic nitrogens is 1. The maximum atomic E-state index is 15.7. The highest BCUT2D eigenvalue weighted by Gasteiger charge is 2.39. The molecule has 0 unspecified atom stereocenters. The van der Waals surface area contributed by atoms with Crippen molar-refractivity contribution in [3.63, 3.8) is 0 Å². The van der Waals surface area contributed by atoms with Crippen LogP contribution in [0.5, 0.6) is 0 Å². The van der Waals surface area contributed by atoms with Gasteiger partial charge in [0.1, 0.15) is 24.6 Å². The predicted molar refractivity (Wildman–Crippen MR) is 159 cm³/mol. The molecule has 14 heteroatoms. The number of ether oxygens (including phenoxy) is 1. The molecular formula is C28H33BrF3N4O4SSi. The quantitative estimate of drug-likeness (QED) is 0.0949. The lowest BCUT2D eigenvalue weighted by Gasteiger charge is -2.24. The second kappa shape index (κ2) is 13.1. The summed E-state index contributed by atoms with van der Waals surface area (Å²) in [5.41, 5.74) is 1.15. The first-order valence-electron chi connectivity index (χ1n) is 13.8. The van der Waals surface area contributed by atoms with Crippen molar-refractivity contribution in [3.8, 4) is 0 Å². The van der Waals surface area contributed by atoms with Crippen LogP contribution < -0.4 is 9.62 Å². The SMILES string of the molecule is C[Si](C)CCOCN(c1ccon1)S(=O)(=O)c1c(F)cc(NCc2c(F)cccc2CN2C3CCC2CC3)c(Br)c1F. The molecule has 0 saturated carbocycles. The third-order valence-corrected chi connectivity index (χ3v) is 11.7. The number of nitrogens with one attached hydrogen (secondary N) is 1. The summed E-state index contributed by atoms with van der Waals surface area (Å²) in [6, 6.07) is 8.79. The first kappa shape index (κ1) is 31.0. The lowest BCUT2D eigenvalue weighted by atomic mass is 10.0. The molecule has 2 aliphatic rings. The Balaban J connectivity index is 1.38. The molecule has 2 fully saturated rings. The van der Waals surface area contributed by atoms with Crippen molar-refractivity contribution >= 4 is 46.3 Å². The molecule has 0 aliphatic carbocycles. The molecule has 5 rings (SSSR count). The minimum absolute atomic E-state index is 0.0497. The van der Waals surface area contributed by atoms with E-state index in [1.54, 1.807) is 6.07 Å². The molecule has 2 aromatic carbocycles. The molecule has 1 aromatic heterocycles. The van der Waals surface area contributed by atoms with Crippen molar-refractivity contribution in [1.82, 2.24) is 10.1 Å². The van der Waals surface area contributed by atoms with Crippen LogP contribution in [-0.2, 0) is 27.8 Å². The molecule has 3 heterocycles. The molecule has 8 nitrogen and oxygen atoms in total. The van der Waals surface area contributed by atoms with Gasteiger partial charge in [-0.3, -0.25) is 4.90 Å². The Morgan fingerprint density at radius 1 is 1.14 bits per heavy atom. The van der Waals surface area contributed by atoms with Gasteiger partial charge in [-0.15, -0.1) is 0 Å². The molecule has 227 valence electrons. The molecule has 2 bridgehead atoms. The Labute approximate surface area is 254 Å². The second-order valence-electron chi connectivity index (χ2n) is 10.9. The summed E-state index contributed by atoms with van der Waals surface area (Å²) in [5.74, 6) is -3.25. The monoisotopic (exact) mass is 685 g/mol. The van der Waals surface area contributed by atoms with E-state index >= 15 is 8.78 Å². The first-order chi connectivity index (χ1) is 20.1. The van der Waals surface area contributed by atoms with Gasteiger partial charge in [0.05, 0.1) is 10.2 Å². The Morgan fingerprint density at radius 3 is 2.50 bits per heavy atom. The molecule has 2 saturated heterocycles. The zero-order valence-corrected chi connectivity index (χ0v) is 26.8. The van der Waals surface area contributed by atoms with E-state index in [4.69, 9.17) is 9.26 Å². The molecular weight excluding hydrogens is 653 g/mol. The zero-order valence-electron chi connectivity index (χ0n) is 23.4. The number of anilines is 2. The van der Waals surface area contributed by atoms with E-state index in [1.165, 1.54) is 12.1 Å². The molecule has 0 atom stereocenters. The number of halogens is 4. The highest BCUT2D eigenvalue weighted by molar-refractivity contribution is 9.10. The largest absolute Gasteiger partial charge is 0.380 e. The van der Waals surface area contributed by atoms with Gasteiger partial charge in [0.25, 0.3) is 10.0 Å². The number of fused-ring (bicyclic) bond motifs is 2. The van der Waals surface area contributed by atoms with Gasteiger partial charge in [-0.05, 0) is 65.4 Å². The number of benzene rings is 2. The van der Waals surface area contributed by atoms with Crippen molar-refractivity contribution in [3.05, 3.63) is 69.6 Å². The summed E-state index contributed by atoms with van der Waals surface area (Å²) in [5, 5.41) is 6.54. The van der Waals surface area contributed by atoms with E-state index in [9.17, 15) is 12.8 Å². The molecule has 42 heavy (non-hydrogen) atoms. The predicted octanol–water partition coefficient (Wildman–Crippen LogP) is 6.52. The topological polar surface area (TPSA) is 87.9 Å². The van der Waals surface area contributed by atoms with Crippen molar-refractivity contribution in [2.45, 2.75) is 74.9 Å². The van der Waals surface area contributed by atoms with Gasteiger partial charge in [0.15, 0.2) is 16.5 Å². The Kier molecular flexibility index (Phi) is 9.67. The maximum Gasteiger partial charge on any atom is 0.273 e. The summed E-state index contributed by atoms with van der Waals surface area (Å²) in [7, 11) is -5.42. The van der Waals surface area contributed by atoms with Crippen LogP contribution in [0.2, 0.25) is 19.1 Å². The van der Waals surface area contributed by atoms with Gasteiger partial charge >= 0.3 is 0 Å². The second-order valence-corrected chi connectivity index (χ2v) is 16.4. The molecule has 1 radical (unpaired) electrons. The fraction of sp³-hybridized carbons (Fsp3) is 0.464. The number of nitrogens with zero attached hydrogens (tertiary/aromatic N) is 3. The van der Waals surface area contributed by atoms with Crippen LogP contribution in [-0.4, -0.2) is 52.7 Å². The minimum Gasteiger partial charge on any atom is -0.380 e. The summed E-state index contributed by atoms with van der Waals surface area (Å²) in [4.78, 5) is 1.25. The maximum absolute atomic E-state index is 15.7. The van der Waals surface area contributed by atoms with Gasteiger partial charge in [0.2, 0.25) is 0 Å². The fourth-order valence-corrected chi connectivity index (χ4v) is 8.22. The first-order valence-corrected chi connectivity index (χ1v) is 18.7. The molecule has 2 aliphatic heterocycles. The van der Waals surface area contributed by atoms with Crippen molar-refractivity contribution in [1.29, 1.82) is 0 Å². The van der Waals surface area contributed by atoms with Crippen molar-refractivity contribution in [2.24, 2.45) is 0 Å². The Bertz CT molecular complexity index is 1490. The average molecular weight is 687 g/mol. The van der Waals surface area contributed by atoms with E-state index in [0.717, 1.165) is 49.6 Å². The summed E-state index contributed by atoms with van der Waals surface area (Å²) in [6.07, 6.45) is 5.74. The van der Waals surface area contributed by atoms with Crippen LogP contribution in [0, 0.1) is 17.5 Å². The third kappa shape index (κ3) is 6.42. The normalized spacial score (nSPS) is 18.7. The zero-order chi connectivity index (χ0) is 30.0. The summed E-state index contributed by atoms with van der Waals surface area (Å²) in [6.45, 7) is 4.50. The standard InChI is InChI=1S/C28H33BrF3N4O4SSi/c1-42(2)13-12-39-17-36(25-10-11-40-34-25)41(37,38)28-23(31)14-24(26(29)27(28)32)33-15-21-18(4-3-5-22(21)30)16-35-19-6-7-20(35)9-8-19/h3-5,10-11,14,19-20,33H,6-9,12-13,15-17H2,1-2H3. The lowest BCUT2D eigenvalue weighted by Crippen LogP contribution is -2.35. The summed E-state index contributed by atoms with van der Waals surface area (Å²) >= 11 is 3.09. The van der Waals surface area contributed by atoms with Crippen LogP contribution in [0.15, 0.2) is 50.5 Å². The number of sulfonamides is 1. The highest BCUT2D eigenvalue weighted by Crippen LogP contribution is 2.39. The van der Waals surface area contributed by atoms with Crippen LogP contribution in [0.3, 0.4) is 0 Å². The number of hydrogen-bond donors (Lipinski definition) is 1. The molecule has 0 amide bonds. The van der Waals surface area contributed by atoms with E-state index in [2.05, 4.69) is 44.4 Å². The van der Waals surface area contributed by atoms with Crippen LogP contribution >= 0.6 is 15.9 Å². The third-order valence-electron chi connectivity index (χ3n) is 7.93. The number of hydrogen-bond acceptors (Lipinski definition) is 7. The van der Waals surface area contributed by atoms with E-state index in [-0.39, 0.29) is 29.1 Å². The smallest absolute Gasteiger partial charge is 0.273 e. The average Bonchev–Trinajstić information content (AvgIpc) is 3.69. The lowest BCUT2D eigenvalue weighted by molar-refractivity contribution is 0.156. The van der Waals surface area contributed by atoms with E-state index in [0.29, 0.717) is 28.5 Å². The van der Waals surface area contributed by atoms with Crippen molar-refractivity contribution in [2.75, 3.05) is 23.0 Å². The van der Waals surface area contributed by atoms with Crippen LogP contribution in [0.25, 0.3) is 0 Å². The van der Waals surface area contributed by atoms with Gasteiger partial charge in [-0.1, -0.05) is 30.4 Å². The van der Waals surface area contributed by atoms with Crippen LogP contribution in [0.1, 0.15) is 36.8 Å². The Morgan fingerprint density at radius 2 is 1.86 bits per heavy atom. The van der Waals surface area contributed by atoms with Gasteiger partial charge in [-0.2, -0.15) is 0 Å². The molecule has 1 N–H and O–H groups in total. The van der Waals surface area contributed by atoms with E-state index < -0.39 is 47.9 Å². The molecule has 0 spiro atoms. The summed E-state index contributed by atoms with van der Waals surface area (Å²) < 4.78 is 83.9.